The SMILES string of the molecule is Cc1ccc(N)c(NC(=O)Nc2ccc(-c3ccccc3)cc2)c1. The molecule has 0 aliphatic rings. The van der Waals surface area contributed by atoms with Crippen LogP contribution in [-0.2, 0) is 0 Å². The molecule has 4 nitrogen and oxygen atoms in total. The molecule has 3 rings (SSSR count). The van der Waals surface area contributed by atoms with E-state index in [1.807, 2.05) is 61.5 Å². The Morgan fingerprint density at radius 2 is 1.50 bits per heavy atom. The maximum Gasteiger partial charge on any atom is 0.323 e. The summed E-state index contributed by atoms with van der Waals surface area (Å²) >= 11 is 0. The fourth-order valence-electron chi connectivity index (χ4n) is 2.44. The van der Waals surface area contributed by atoms with Gasteiger partial charge in [-0.2, -0.15) is 0 Å². The average Bonchev–Trinajstić information content (AvgIpc) is 2.59. The van der Waals surface area contributed by atoms with Crippen molar-refractivity contribution in [3.63, 3.8) is 0 Å². The van der Waals surface area contributed by atoms with Crippen molar-refractivity contribution in [3.05, 3.63) is 78.4 Å². The van der Waals surface area contributed by atoms with Gasteiger partial charge in [-0.05, 0) is 47.9 Å². The van der Waals surface area contributed by atoms with Crippen molar-refractivity contribution >= 4 is 23.1 Å². The first kappa shape index (κ1) is 15.6. The largest absolute Gasteiger partial charge is 0.397 e. The molecule has 0 aromatic heterocycles. The lowest BCUT2D eigenvalue weighted by atomic mass is 10.1. The summed E-state index contributed by atoms with van der Waals surface area (Å²) < 4.78 is 0. The van der Waals surface area contributed by atoms with Crippen molar-refractivity contribution in [2.45, 2.75) is 6.92 Å². The molecule has 24 heavy (non-hydrogen) atoms. The van der Waals surface area contributed by atoms with Crippen LogP contribution in [-0.4, -0.2) is 6.03 Å². The number of carbonyl (C=O) groups excluding carboxylic acids is 1. The van der Waals surface area contributed by atoms with Crippen LogP contribution in [0.15, 0.2) is 72.8 Å². The highest BCUT2D eigenvalue weighted by Gasteiger charge is 2.06. The minimum absolute atomic E-state index is 0.320. The summed E-state index contributed by atoms with van der Waals surface area (Å²) in [5.74, 6) is 0. The Hall–Kier alpha value is -3.27. The van der Waals surface area contributed by atoms with Crippen molar-refractivity contribution < 1.29 is 4.79 Å². The molecule has 0 saturated carbocycles. The zero-order valence-corrected chi connectivity index (χ0v) is 13.4. The second-order valence-electron chi connectivity index (χ2n) is 5.61. The lowest BCUT2D eigenvalue weighted by Gasteiger charge is -2.11. The minimum Gasteiger partial charge on any atom is -0.397 e. The number of nitrogen functional groups attached to an aromatic ring is 1. The van der Waals surface area contributed by atoms with E-state index in [1.165, 1.54) is 0 Å². The Bertz CT molecular complexity index is 843. The summed E-state index contributed by atoms with van der Waals surface area (Å²) in [6, 6.07) is 23.0. The molecule has 0 saturated heterocycles. The Morgan fingerprint density at radius 3 is 2.21 bits per heavy atom. The number of benzene rings is 3. The third-order valence-electron chi connectivity index (χ3n) is 3.71. The fourth-order valence-corrected chi connectivity index (χ4v) is 2.44. The number of nitrogens with one attached hydrogen (secondary N) is 2. The predicted molar refractivity (Wildman–Crippen MR) is 100 cm³/mol. The predicted octanol–water partition coefficient (Wildman–Crippen LogP) is 4.89. The van der Waals surface area contributed by atoms with E-state index in [9.17, 15) is 4.79 Å². The molecule has 0 bridgehead atoms. The molecule has 0 aliphatic carbocycles. The average molecular weight is 317 g/mol. The molecule has 0 radical (unpaired) electrons. The van der Waals surface area contributed by atoms with Gasteiger partial charge in [0.25, 0.3) is 0 Å². The first-order valence-electron chi connectivity index (χ1n) is 7.71. The Balaban J connectivity index is 1.67. The van der Waals surface area contributed by atoms with E-state index in [0.29, 0.717) is 11.4 Å². The van der Waals surface area contributed by atoms with E-state index in [-0.39, 0.29) is 6.03 Å². The van der Waals surface area contributed by atoms with Crippen LogP contribution < -0.4 is 16.4 Å². The van der Waals surface area contributed by atoms with E-state index in [2.05, 4.69) is 22.8 Å². The van der Waals surface area contributed by atoms with Gasteiger partial charge < -0.3 is 16.4 Å². The summed E-state index contributed by atoms with van der Waals surface area (Å²) in [4.78, 5) is 12.1. The zero-order valence-electron chi connectivity index (χ0n) is 13.4. The molecule has 0 aliphatic heterocycles. The molecule has 3 aromatic rings. The monoisotopic (exact) mass is 317 g/mol. The first-order chi connectivity index (χ1) is 11.6. The van der Waals surface area contributed by atoms with E-state index in [0.717, 1.165) is 22.4 Å². The number of nitrogens with two attached hydrogens (primary N) is 1. The highest BCUT2D eigenvalue weighted by molar-refractivity contribution is 6.01. The van der Waals surface area contributed by atoms with Gasteiger partial charge in [0.2, 0.25) is 0 Å². The summed E-state index contributed by atoms with van der Waals surface area (Å²) in [6.07, 6.45) is 0. The summed E-state index contributed by atoms with van der Waals surface area (Å²) in [6.45, 7) is 1.95. The highest BCUT2D eigenvalue weighted by Crippen LogP contribution is 2.22. The van der Waals surface area contributed by atoms with Gasteiger partial charge in [0.1, 0.15) is 0 Å². The van der Waals surface area contributed by atoms with Crippen LogP contribution in [0.4, 0.5) is 21.9 Å². The molecule has 0 fully saturated rings. The van der Waals surface area contributed by atoms with Gasteiger partial charge in [0.15, 0.2) is 0 Å². The number of carbonyl (C=O) groups is 1. The van der Waals surface area contributed by atoms with Gasteiger partial charge in [-0.1, -0.05) is 48.5 Å². The number of rotatable bonds is 3. The van der Waals surface area contributed by atoms with Crippen LogP contribution in [0.1, 0.15) is 5.56 Å². The fraction of sp³-hybridized carbons (Fsp3) is 0.0500. The number of hydrogen-bond acceptors (Lipinski definition) is 2. The third kappa shape index (κ3) is 3.73. The number of aryl methyl sites for hydroxylation is 1. The van der Waals surface area contributed by atoms with Gasteiger partial charge in [0.05, 0.1) is 11.4 Å². The van der Waals surface area contributed by atoms with Crippen LogP contribution in [0.5, 0.6) is 0 Å². The third-order valence-corrected chi connectivity index (χ3v) is 3.71. The van der Waals surface area contributed by atoms with E-state index < -0.39 is 0 Å². The molecule has 3 aromatic carbocycles. The Kier molecular flexibility index (Phi) is 4.47. The number of anilines is 3. The topological polar surface area (TPSA) is 67.1 Å². The minimum atomic E-state index is -0.320. The second kappa shape index (κ2) is 6.87. The molecule has 0 heterocycles. The molecular weight excluding hydrogens is 298 g/mol. The van der Waals surface area contributed by atoms with Gasteiger partial charge in [-0.15, -0.1) is 0 Å². The molecule has 4 N–H and O–H groups in total. The van der Waals surface area contributed by atoms with Crippen LogP contribution in [0, 0.1) is 6.92 Å². The first-order valence-corrected chi connectivity index (χ1v) is 7.71. The summed E-state index contributed by atoms with van der Waals surface area (Å²) in [5, 5.41) is 5.58. The summed E-state index contributed by atoms with van der Waals surface area (Å²) in [5.41, 5.74) is 11.0. The van der Waals surface area contributed by atoms with Gasteiger partial charge in [-0.3, -0.25) is 0 Å². The molecule has 0 spiro atoms. The van der Waals surface area contributed by atoms with Crippen LogP contribution >= 0.6 is 0 Å². The second-order valence-corrected chi connectivity index (χ2v) is 5.61. The molecule has 2 amide bonds. The molecular formula is C20H19N3O. The zero-order chi connectivity index (χ0) is 16.9. The van der Waals surface area contributed by atoms with Gasteiger partial charge >= 0.3 is 6.03 Å². The molecule has 0 atom stereocenters. The lowest BCUT2D eigenvalue weighted by Crippen LogP contribution is -2.20. The van der Waals surface area contributed by atoms with E-state index >= 15 is 0 Å². The number of amides is 2. The Labute approximate surface area is 141 Å². The van der Waals surface area contributed by atoms with Gasteiger partial charge in [-0.25, -0.2) is 4.79 Å². The lowest BCUT2D eigenvalue weighted by molar-refractivity contribution is 0.262. The summed E-state index contributed by atoms with van der Waals surface area (Å²) in [7, 11) is 0. The van der Waals surface area contributed by atoms with Crippen molar-refractivity contribution in [1.29, 1.82) is 0 Å². The van der Waals surface area contributed by atoms with Gasteiger partial charge in [0, 0.05) is 5.69 Å². The molecule has 120 valence electrons. The van der Waals surface area contributed by atoms with E-state index in [1.54, 1.807) is 6.07 Å². The number of urea groups is 1. The maximum absolute atomic E-state index is 12.1. The maximum atomic E-state index is 12.1. The van der Waals surface area contributed by atoms with Crippen molar-refractivity contribution in [2.24, 2.45) is 0 Å². The number of hydrogen-bond donors (Lipinski definition) is 3. The van der Waals surface area contributed by atoms with Crippen LogP contribution in [0.3, 0.4) is 0 Å². The molecule has 4 heteroatoms. The molecule has 0 unspecified atom stereocenters. The normalized spacial score (nSPS) is 10.2. The van der Waals surface area contributed by atoms with Crippen LogP contribution in [0.25, 0.3) is 11.1 Å². The Morgan fingerprint density at radius 1 is 0.833 bits per heavy atom. The van der Waals surface area contributed by atoms with Crippen LogP contribution in [0.2, 0.25) is 0 Å². The van der Waals surface area contributed by atoms with Crippen molar-refractivity contribution in [2.75, 3.05) is 16.4 Å². The quantitative estimate of drug-likeness (QED) is 0.602. The smallest absolute Gasteiger partial charge is 0.323 e. The van der Waals surface area contributed by atoms with E-state index in [4.69, 9.17) is 5.73 Å². The highest BCUT2D eigenvalue weighted by atomic mass is 16.2. The van der Waals surface area contributed by atoms with Crippen molar-refractivity contribution in [1.82, 2.24) is 0 Å². The standard InChI is InChI=1S/C20H19N3O/c1-14-7-12-18(21)19(13-14)23-20(24)22-17-10-8-16(9-11-17)15-5-3-2-4-6-15/h2-13H,21H2,1H3,(H2,22,23,24). The van der Waals surface area contributed by atoms with Crippen molar-refractivity contribution in [3.8, 4) is 11.1 Å².